The minimum Gasteiger partial charge on any atom is -0.465 e. The first kappa shape index (κ1) is 13.4. The molecule has 0 aromatic carbocycles. The van der Waals surface area contributed by atoms with Crippen LogP contribution in [0.2, 0.25) is 0 Å². The average molecular weight is 245 g/mol. The monoisotopic (exact) mass is 245 g/mol. The van der Waals surface area contributed by atoms with E-state index in [-0.39, 0.29) is 11.2 Å². The second-order valence-corrected chi connectivity index (χ2v) is 5.87. The van der Waals surface area contributed by atoms with Gasteiger partial charge in [-0.15, -0.1) is 0 Å². The van der Waals surface area contributed by atoms with Gasteiger partial charge in [-0.2, -0.15) is 0 Å². The SMILES string of the molecule is CCOC(=O)C(C)(C)SC(=O)N1CCCC1. The maximum absolute atomic E-state index is 11.9. The minimum atomic E-state index is -0.796. The minimum absolute atomic E-state index is 0.0180. The van der Waals surface area contributed by atoms with Gasteiger partial charge in [0.2, 0.25) is 0 Å². The number of esters is 1. The molecule has 0 aromatic rings. The molecule has 4 nitrogen and oxygen atoms in total. The number of hydrogen-bond donors (Lipinski definition) is 0. The summed E-state index contributed by atoms with van der Waals surface area (Å²) >= 11 is 1.06. The van der Waals surface area contributed by atoms with Crippen LogP contribution in [0.5, 0.6) is 0 Å². The van der Waals surface area contributed by atoms with E-state index in [4.69, 9.17) is 4.74 Å². The zero-order valence-electron chi connectivity index (χ0n) is 10.1. The van der Waals surface area contributed by atoms with Gasteiger partial charge in [-0.25, -0.2) is 0 Å². The molecule has 16 heavy (non-hydrogen) atoms. The van der Waals surface area contributed by atoms with Crippen molar-refractivity contribution in [3.05, 3.63) is 0 Å². The van der Waals surface area contributed by atoms with Gasteiger partial charge in [0.15, 0.2) is 0 Å². The highest BCUT2D eigenvalue weighted by atomic mass is 32.2. The van der Waals surface area contributed by atoms with Crippen LogP contribution < -0.4 is 0 Å². The zero-order valence-corrected chi connectivity index (χ0v) is 10.9. The third-order valence-electron chi connectivity index (χ3n) is 2.47. The first-order valence-electron chi connectivity index (χ1n) is 5.62. The summed E-state index contributed by atoms with van der Waals surface area (Å²) in [6.07, 6.45) is 2.12. The molecule has 0 atom stereocenters. The molecular weight excluding hydrogens is 226 g/mol. The molecule has 1 amide bonds. The molecule has 1 aliphatic heterocycles. The fraction of sp³-hybridized carbons (Fsp3) is 0.818. The van der Waals surface area contributed by atoms with Gasteiger partial charge < -0.3 is 9.64 Å². The Bertz CT molecular complexity index is 272. The van der Waals surface area contributed by atoms with Crippen LogP contribution >= 0.6 is 11.8 Å². The van der Waals surface area contributed by atoms with Crippen LogP contribution in [0.25, 0.3) is 0 Å². The van der Waals surface area contributed by atoms with Crippen LogP contribution in [-0.4, -0.2) is 40.6 Å². The van der Waals surface area contributed by atoms with Crippen molar-refractivity contribution in [2.24, 2.45) is 0 Å². The summed E-state index contributed by atoms with van der Waals surface area (Å²) in [7, 11) is 0. The summed E-state index contributed by atoms with van der Waals surface area (Å²) in [6.45, 7) is 7.18. The van der Waals surface area contributed by atoms with Crippen molar-refractivity contribution >= 4 is 23.0 Å². The molecule has 0 saturated carbocycles. The molecule has 1 saturated heterocycles. The Hall–Kier alpha value is -0.710. The van der Waals surface area contributed by atoms with Crippen LogP contribution in [0.4, 0.5) is 4.79 Å². The Morgan fingerprint density at radius 2 is 1.88 bits per heavy atom. The zero-order chi connectivity index (χ0) is 12.2. The van der Waals surface area contributed by atoms with E-state index in [1.165, 1.54) is 0 Å². The fourth-order valence-electron chi connectivity index (χ4n) is 1.53. The number of carbonyl (C=O) groups is 2. The number of nitrogens with zero attached hydrogens (tertiary/aromatic N) is 1. The van der Waals surface area contributed by atoms with Crippen molar-refractivity contribution in [3.63, 3.8) is 0 Å². The summed E-state index contributed by atoms with van der Waals surface area (Å²) in [5.41, 5.74) is 0. The van der Waals surface area contributed by atoms with Gasteiger partial charge in [-0.05, 0) is 45.4 Å². The number of thioether (sulfide) groups is 1. The van der Waals surface area contributed by atoms with Crippen molar-refractivity contribution in [2.45, 2.75) is 38.4 Å². The molecule has 1 fully saturated rings. The molecule has 0 bridgehead atoms. The number of hydrogen-bond acceptors (Lipinski definition) is 4. The molecule has 0 spiro atoms. The van der Waals surface area contributed by atoms with E-state index < -0.39 is 4.75 Å². The lowest BCUT2D eigenvalue weighted by atomic mass is 10.2. The maximum Gasteiger partial charge on any atom is 0.322 e. The lowest BCUT2D eigenvalue weighted by molar-refractivity contribution is -0.145. The molecule has 1 rings (SSSR count). The summed E-state index contributed by atoms with van der Waals surface area (Å²) < 4.78 is 4.14. The van der Waals surface area contributed by atoms with Gasteiger partial charge in [0.05, 0.1) is 6.61 Å². The topological polar surface area (TPSA) is 46.6 Å². The molecule has 1 heterocycles. The van der Waals surface area contributed by atoms with E-state index >= 15 is 0 Å². The van der Waals surface area contributed by atoms with Crippen LogP contribution in [0.1, 0.15) is 33.6 Å². The molecular formula is C11H19NO3S. The molecule has 0 N–H and O–H groups in total. The highest BCUT2D eigenvalue weighted by Crippen LogP contribution is 2.29. The number of rotatable bonds is 3. The van der Waals surface area contributed by atoms with Crippen LogP contribution in [0.15, 0.2) is 0 Å². The van der Waals surface area contributed by atoms with E-state index in [0.29, 0.717) is 6.61 Å². The first-order valence-corrected chi connectivity index (χ1v) is 6.44. The number of likely N-dealkylation sites (tertiary alicyclic amines) is 1. The number of ether oxygens (including phenoxy) is 1. The Balaban J connectivity index is 2.50. The van der Waals surface area contributed by atoms with Crippen LogP contribution in [0.3, 0.4) is 0 Å². The van der Waals surface area contributed by atoms with Crippen LogP contribution in [-0.2, 0) is 9.53 Å². The van der Waals surface area contributed by atoms with E-state index in [1.807, 2.05) is 0 Å². The van der Waals surface area contributed by atoms with Gasteiger partial charge in [0.25, 0.3) is 5.24 Å². The molecule has 5 heteroatoms. The number of carbonyl (C=O) groups excluding carboxylic acids is 2. The van der Waals surface area contributed by atoms with E-state index in [2.05, 4.69) is 0 Å². The summed E-state index contributed by atoms with van der Waals surface area (Å²) in [4.78, 5) is 25.2. The summed E-state index contributed by atoms with van der Waals surface area (Å²) in [5, 5.41) is -0.0180. The summed E-state index contributed by atoms with van der Waals surface area (Å²) in [5.74, 6) is -0.326. The lowest BCUT2D eigenvalue weighted by Gasteiger charge is -2.23. The number of amides is 1. The predicted octanol–water partition coefficient (Wildman–Crippen LogP) is 2.28. The largest absolute Gasteiger partial charge is 0.465 e. The van der Waals surface area contributed by atoms with Crippen molar-refractivity contribution in [3.8, 4) is 0 Å². The van der Waals surface area contributed by atoms with Gasteiger partial charge in [-0.1, -0.05) is 0 Å². The third-order valence-corrected chi connectivity index (χ3v) is 3.58. The second-order valence-electron chi connectivity index (χ2n) is 4.29. The lowest BCUT2D eigenvalue weighted by Crippen LogP contribution is -2.35. The highest BCUT2D eigenvalue weighted by molar-refractivity contribution is 8.15. The molecule has 92 valence electrons. The molecule has 0 radical (unpaired) electrons. The van der Waals surface area contributed by atoms with Crippen molar-refractivity contribution in [1.29, 1.82) is 0 Å². The Labute approximate surface area is 101 Å². The van der Waals surface area contributed by atoms with Gasteiger partial charge >= 0.3 is 5.97 Å². The van der Waals surface area contributed by atoms with E-state index in [9.17, 15) is 9.59 Å². The second kappa shape index (κ2) is 5.57. The molecule has 0 aromatic heterocycles. The highest BCUT2D eigenvalue weighted by Gasteiger charge is 2.35. The maximum atomic E-state index is 11.9. The quantitative estimate of drug-likeness (QED) is 0.716. The smallest absolute Gasteiger partial charge is 0.322 e. The van der Waals surface area contributed by atoms with Crippen molar-refractivity contribution in [2.75, 3.05) is 19.7 Å². The normalized spacial score (nSPS) is 16.3. The first-order chi connectivity index (χ1) is 7.47. The van der Waals surface area contributed by atoms with E-state index in [0.717, 1.165) is 37.7 Å². The van der Waals surface area contributed by atoms with Crippen molar-refractivity contribution in [1.82, 2.24) is 4.90 Å². The predicted molar refractivity (Wildman–Crippen MR) is 64.5 cm³/mol. The average Bonchev–Trinajstić information content (AvgIpc) is 2.70. The van der Waals surface area contributed by atoms with Crippen LogP contribution in [0, 0.1) is 0 Å². The molecule has 0 aliphatic carbocycles. The van der Waals surface area contributed by atoms with E-state index in [1.54, 1.807) is 25.7 Å². The fourth-order valence-corrected chi connectivity index (χ4v) is 2.42. The van der Waals surface area contributed by atoms with Gasteiger partial charge in [-0.3, -0.25) is 9.59 Å². The van der Waals surface area contributed by atoms with Gasteiger partial charge in [0.1, 0.15) is 4.75 Å². The Morgan fingerprint density at radius 3 is 2.38 bits per heavy atom. The van der Waals surface area contributed by atoms with Crippen molar-refractivity contribution < 1.29 is 14.3 Å². The van der Waals surface area contributed by atoms with Gasteiger partial charge in [0, 0.05) is 13.1 Å². The third kappa shape index (κ3) is 3.40. The Morgan fingerprint density at radius 1 is 1.31 bits per heavy atom. The molecule has 0 unspecified atom stereocenters. The molecule has 1 aliphatic rings. The standard InChI is InChI=1S/C11H19NO3S/c1-4-15-9(13)11(2,3)16-10(14)12-7-5-6-8-12/h4-8H2,1-3H3. The summed E-state index contributed by atoms with van der Waals surface area (Å²) in [6, 6.07) is 0. The Kier molecular flexibility index (Phi) is 4.65.